The van der Waals surface area contributed by atoms with E-state index in [0.29, 0.717) is 0 Å². The van der Waals surface area contributed by atoms with Gasteiger partial charge in [0.05, 0.1) is 85.5 Å². The maximum Gasteiger partial charge on any atom is 0.308 e. The number of nitrogens with one attached hydrogen (secondary N) is 1. The molecule has 1 amide bonds. The van der Waals surface area contributed by atoms with Crippen LogP contribution in [0.1, 0.15) is 79.1 Å². The van der Waals surface area contributed by atoms with Gasteiger partial charge in [-0.25, -0.2) is 0 Å². The van der Waals surface area contributed by atoms with Gasteiger partial charge in [-0.3, -0.25) is 9.59 Å². The van der Waals surface area contributed by atoms with E-state index in [-0.39, 0.29) is 44.7 Å². The van der Waals surface area contributed by atoms with Crippen molar-refractivity contribution in [3.8, 4) is 0 Å². The number of esters is 1. The standard InChI is InChI=1S/C49H79N3O16/c1-29-17-15-13-11-9-7-5-6-8-10-12-14-16-18-36(67-48-46(62)43(51)45(61)32(4)66-48)26-40-42(47(63)52-22-21-50)39(58)28-49(64,68-40)27-35(55)24-38(57)37(56)20-19-33(53)23-34(54)25-41(59)65-31(3)30(2)44(29)60/h5-18,29-40,42-46,48,53-58,60-62,64H,19-28,50-51H2,1-4H3,(H,52,63)/b6-5+,9-7+,10-8+,13-11+,14-12+,17-15+,18-16+/t29-,30-,31-,32+,33?,34?,35?,36?,37?,38?,39-,40-,42?,43-,44?,45+,46?,48-,49?/m0/s1. The lowest BCUT2D eigenvalue weighted by atomic mass is 9.82. The highest BCUT2D eigenvalue weighted by molar-refractivity contribution is 5.80. The van der Waals surface area contributed by atoms with Crippen LogP contribution >= 0.6 is 0 Å². The number of aliphatic hydroxyl groups is 10. The van der Waals surface area contributed by atoms with Crippen LogP contribution in [-0.2, 0) is 28.5 Å². The van der Waals surface area contributed by atoms with Crippen LogP contribution < -0.4 is 16.8 Å². The highest BCUT2D eigenvalue weighted by Crippen LogP contribution is 2.38. The number of hydrogen-bond donors (Lipinski definition) is 13. The number of ether oxygens (including phenoxy) is 4. The molecule has 3 aliphatic rings. The van der Waals surface area contributed by atoms with Crippen molar-refractivity contribution >= 4 is 11.9 Å². The number of cyclic esters (lactones) is 1. The number of amides is 1. The highest BCUT2D eigenvalue weighted by atomic mass is 16.7. The number of nitrogens with two attached hydrogens (primary N) is 2. The van der Waals surface area contributed by atoms with Crippen LogP contribution in [-0.4, -0.2) is 174 Å². The molecule has 15 N–H and O–H groups in total. The molecule has 386 valence electrons. The first-order valence-electron chi connectivity index (χ1n) is 23.6. The number of allylic oxidation sites excluding steroid dienone is 12. The third kappa shape index (κ3) is 19.7. The maximum atomic E-state index is 13.5. The molecule has 0 spiro atoms. The van der Waals surface area contributed by atoms with E-state index in [2.05, 4.69) is 5.32 Å². The van der Waals surface area contributed by atoms with E-state index < -0.39 is 147 Å². The molecule has 0 aromatic carbocycles. The van der Waals surface area contributed by atoms with Gasteiger partial charge in [0.25, 0.3) is 0 Å². The van der Waals surface area contributed by atoms with Gasteiger partial charge in [0.15, 0.2) is 12.1 Å². The summed E-state index contributed by atoms with van der Waals surface area (Å²) in [4.78, 5) is 26.2. The second kappa shape index (κ2) is 29.6. The number of carbonyl (C=O) groups excluding carboxylic acids is 2. The van der Waals surface area contributed by atoms with E-state index in [0.717, 1.165) is 0 Å². The Balaban J connectivity index is 1.91. The van der Waals surface area contributed by atoms with Crippen molar-refractivity contribution in [2.45, 2.75) is 177 Å². The van der Waals surface area contributed by atoms with Gasteiger partial charge in [-0.1, -0.05) is 98.9 Å². The number of rotatable bonds is 5. The van der Waals surface area contributed by atoms with E-state index >= 15 is 0 Å². The highest BCUT2D eigenvalue weighted by Gasteiger charge is 2.51. The lowest BCUT2D eigenvalue weighted by Crippen LogP contribution is -2.62. The molecule has 2 bridgehead atoms. The molecule has 10 unspecified atom stereocenters. The first-order valence-corrected chi connectivity index (χ1v) is 23.6. The molecule has 19 nitrogen and oxygen atoms in total. The summed E-state index contributed by atoms with van der Waals surface area (Å²) < 4.78 is 23.6. The van der Waals surface area contributed by atoms with Crippen LogP contribution in [0.3, 0.4) is 0 Å². The summed E-state index contributed by atoms with van der Waals surface area (Å²) in [6.07, 6.45) is 4.61. The summed E-state index contributed by atoms with van der Waals surface area (Å²) >= 11 is 0. The lowest BCUT2D eigenvalue weighted by Gasteiger charge is -2.46. The van der Waals surface area contributed by atoms with Crippen molar-refractivity contribution < 1.29 is 79.6 Å². The summed E-state index contributed by atoms with van der Waals surface area (Å²) in [5.41, 5.74) is 11.7. The van der Waals surface area contributed by atoms with Gasteiger partial charge in [-0.15, -0.1) is 0 Å². The van der Waals surface area contributed by atoms with Crippen molar-refractivity contribution in [1.29, 1.82) is 0 Å². The molecule has 2 fully saturated rings. The summed E-state index contributed by atoms with van der Waals surface area (Å²) in [6, 6.07) is -1.13. The molecule has 3 rings (SSSR count). The van der Waals surface area contributed by atoms with Gasteiger partial charge in [-0.05, 0) is 33.1 Å². The molecule has 0 saturated carbocycles. The second-order valence-electron chi connectivity index (χ2n) is 18.3. The first-order chi connectivity index (χ1) is 32.2. The van der Waals surface area contributed by atoms with Crippen LogP contribution in [0.15, 0.2) is 85.1 Å². The SMILES string of the molecule is C[C@@H]1OC(=O)CC(O)CC(O)CCC(O)C(O)CC(O)CC2(O)C[C@H](O)C(C(=O)NCCN)[C@H](CC(O[C@@H]3O[C@H](C)[C@@H](O)[C@H](N)C3O)/C=C/C=C/C=C/C=C/C=C/C=C/C=C/[C@H](C)C(O)[C@H]1C)O2. The van der Waals surface area contributed by atoms with Crippen molar-refractivity contribution in [3.05, 3.63) is 85.1 Å². The van der Waals surface area contributed by atoms with E-state index in [1.54, 1.807) is 75.5 Å². The first kappa shape index (κ1) is 58.8. The van der Waals surface area contributed by atoms with Crippen molar-refractivity contribution in [3.63, 3.8) is 0 Å². The van der Waals surface area contributed by atoms with Gasteiger partial charge < -0.3 is 86.8 Å². The monoisotopic (exact) mass is 966 g/mol. The number of fused-ring (bicyclic) bond motifs is 2. The molecule has 3 heterocycles. The third-order valence-corrected chi connectivity index (χ3v) is 12.5. The smallest absolute Gasteiger partial charge is 0.308 e. The Labute approximate surface area is 399 Å². The Morgan fingerprint density at radius 3 is 1.90 bits per heavy atom. The summed E-state index contributed by atoms with van der Waals surface area (Å²) in [6.45, 7) is 6.94. The average molecular weight is 966 g/mol. The maximum absolute atomic E-state index is 13.5. The fraction of sp³-hybridized carbons (Fsp3) is 0.673. The summed E-state index contributed by atoms with van der Waals surface area (Å²) in [5.74, 6) is -5.65. The summed E-state index contributed by atoms with van der Waals surface area (Å²) in [5, 5.41) is 112. The van der Waals surface area contributed by atoms with Crippen LogP contribution in [0.2, 0.25) is 0 Å². The number of carbonyl (C=O) groups is 2. The Kier molecular flexibility index (Phi) is 25.6. The fourth-order valence-corrected chi connectivity index (χ4v) is 8.30. The Morgan fingerprint density at radius 2 is 1.29 bits per heavy atom. The molecule has 0 aromatic rings. The average Bonchev–Trinajstić information content (AvgIpc) is 3.26. The van der Waals surface area contributed by atoms with Gasteiger partial charge >= 0.3 is 5.97 Å². The van der Waals surface area contributed by atoms with E-state index in [4.69, 9.17) is 30.4 Å². The minimum Gasteiger partial charge on any atom is -0.462 e. The van der Waals surface area contributed by atoms with Crippen LogP contribution in [0.5, 0.6) is 0 Å². The zero-order chi connectivity index (χ0) is 50.6. The van der Waals surface area contributed by atoms with Crippen molar-refractivity contribution in [2.24, 2.45) is 29.2 Å². The van der Waals surface area contributed by atoms with Gasteiger partial charge in [0.1, 0.15) is 12.2 Å². The van der Waals surface area contributed by atoms with E-state index in [1.807, 2.05) is 37.3 Å². The number of aliphatic hydroxyl groups excluding tert-OH is 9. The van der Waals surface area contributed by atoms with Crippen molar-refractivity contribution in [2.75, 3.05) is 13.1 Å². The second-order valence-corrected chi connectivity index (χ2v) is 18.3. The number of hydrogen-bond acceptors (Lipinski definition) is 18. The van der Waals surface area contributed by atoms with Crippen LogP contribution in [0.25, 0.3) is 0 Å². The van der Waals surface area contributed by atoms with Crippen molar-refractivity contribution in [1.82, 2.24) is 5.32 Å². The predicted octanol–water partition coefficient (Wildman–Crippen LogP) is -0.298. The van der Waals surface area contributed by atoms with Gasteiger partial charge in [0, 0.05) is 50.6 Å². The normalized spacial score (nSPS) is 44.0. The third-order valence-electron chi connectivity index (χ3n) is 12.5. The predicted molar refractivity (Wildman–Crippen MR) is 251 cm³/mol. The molecule has 0 radical (unpaired) electrons. The molecule has 3 aliphatic heterocycles. The summed E-state index contributed by atoms with van der Waals surface area (Å²) in [7, 11) is 0. The van der Waals surface area contributed by atoms with E-state index in [1.165, 1.54) is 0 Å². The minimum atomic E-state index is -2.27. The molecule has 19 heteroatoms. The van der Waals surface area contributed by atoms with Crippen LogP contribution in [0, 0.1) is 17.8 Å². The van der Waals surface area contributed by atoms with E-state index in [9.17, 15) is 60.7 Å². The fourth-order valence-electron chi connectivity index (χ4n) is 8.30. The Bertz CT molecular complexity index is 1730. The Morgan fingerprint density at radius 1 is 0.706 bits per heavy atom. The topological polar surface area (TPSA) is 337 Å². The molecular formula is C49H79N3O16. The van der Waals surface area contributed by atoms with Gasteiger partial charge in [0.2, 0.25) is 5.91 Å². The molecule has 0 aromatic heterocycles. The zero-order valence-corrected chi connectivity index (χ0v) is 39.6. The molecule has 19 atom stereocenters. The minimum absolute atomic E-state index is 0.0628. The molecule has 68 heavy (non-hydrogen) atoms. The quantitative estimate of drug-likeness (QED) is 0.157. The Hall–Kier alpha value is -3.48. The lowest BCUT2D eigenvalue weighted by molar-refractivity contribution is -0.307. The molecule has 0 aliphatic carbocycles. The molecular weight excluding hydrogens is 887 g/mol. The molecule has 2 saturated heterocycles. The van der Waals surface area contributed by atoms with Crippen LogP contribution in [0.4, 0.5) is 0 Å². The largest absolute Gasteiger partial charge is 0.462 e. The van der Waals surface area contributed by atoms with Gasteiger partial charge in [-0.2, -0.15) is 0 Å². The zero-order valence-electron chi connectivity index (χ0n) is 39.6.